The van der Waals surface area contributed by atoms with E-state index in [-0.39, 0.29) is 11.5 Å². The number of ether oxygens (including phenoxy) is 1. The first kappa shape index (κ1) is 25.1. The minimum Gasteiger partial charge on any atom is -0.457 e. The maximum absolute atomic E-state index is 14.1. The van der Waals surface area contributed by atoms with Gasteiger partial charge in [-0.3, -0.25) is 14.2 Å². The third kappa shape index (κ3) is 4.98. The molecule has 0 bridgehead atoms. The second-order valence-electron chi connectivity index (χ2n) is 9.98. The van der Waals surface area contributed by atoms with E-state index in [0.717, 1.165) is 53.0 Å². The molecule has 1 atom stereocenters. The summed E-state index contributed by atoms with van der Waals surface area (Å²) >= 11 is 1.62. The van der Waals surface area contributed by atoms with Gasteiger partial charge in [0.15, 0.2) is 0 Å². The third-order valence-electron chi connectivity index (χ3n) is 7.16. The number of carbonyl (C=O) groups excluding carboxylic acids is 1. The fourth-order valence-corrected chi connectivity index (χ4v) is 6.41. The van der Waals surface area contributed by atoms with Crippen LogP contribution in [0.15, 0.2) is 83.7 Å². The summed E-state index contributed by atoms with van der Waals surface area (Å²) in [5.74, 6) is 1.64. The second-order valence-corrected chi connectivity index (χ2v) is 11.1. The van der Waals surface area contributed by atoms with Gasteiger partial charge < -0.3 is 10.1 Å². The van der Waals surface area contributed by atoms with Crippen molar-refractivity contribution in [2.75, 3.05) is 5.32 Å². The predicted octanol–water partition coefficient (Wildman–Crippen LogP) is 7.30. The summed E-state index contributed by atoms with van der Waals surface area (Å²) in [4.78, 5) is 34.6. The van der Waals surface area contributed by atoms with Crippen molar-refractivity contribution in [2.24, 2.45) is 0 Å². The number of nitrogens with one attached hydrogen (secondary N) is 1. The van der Waals surface area contributed by atoms with Gasteiger partial charge in [0.05, 0.1) is 5.39 Å². The van der Waals surface area contributed by atoms with Crippen LogP contribution in [0.2, 0.25) is 0 Å². The van der Waals surface area contributed by atoms with Crippen molar-refractivity contribution in [3.63, 3.8) is 0 Å². The summed E-state index contributed by atoms with van der Waals surface area (Å²) in [6.45, 7) is 3.77. The van der Waals surface area contributed by atoms with Gasteiger partial charge >= 0.3 is 0 Å². The van der Waals surface area contributed by atoms with Gasteiger partial charge in [-0.15, -0.1) is 11.3 Å². The lowest BCUT2D eigenvalue weighted by Crippen LogP contribution is -2.33. The molecule has 0 saturated heterocycles. The van der Waals surface area contributed by atoms with Gasteiger partial charge in [-0.1, -0.05) is 42.0 Å². The van der Waals surface area contributed by atoms with Gasteiger partial charge in [0.25, 0.3) is 5.56 Å². The van der Waals surface area contributed by atoms with E-state index in [1.165, 1.54) is 4.88 Å². The van der Waals surface area contributed by atoms with Crippen molar-refractivity contribution < 1.29 is 9.53 Å². The Labute approximate surface area is 230 Å². The highest BCUT2D eigenvalue weighted by molar-refractivity contribution is 7.18. The number of para-hydroxylation sites is 1. The van der Waals surface area contributed by atoms with Crippen LogP contribution in [0.25, 0.3) is 21.6 Å². The molecule has 0 aliphatic heterocycles. The zero-order chi connectivity index (χ0) is 26.9. The Morgan fingerprint density at radius 3 is 2.49 bits per heavy atom. The first-order valence-electron chi connectivity index (χ1n) is 13.3. The molecule has 39 heavy (non-hydrogen) atoms. The normalized spacial score (nSPS) is 13.6. The van der Waals surface area contributed by atoms with Crippen LogP contribution in [-0.2, 0) is 17.6 Å². The molecule has 3 aromatic carbocycles. The standard InChI is InChI=1S/C32H29N3O3S/c1-20-9-8-10-22(19-20)29-34-31-28(26-13-6-7-14-27(26)39-31)32(37)35(29)21(2)30(36)33-23-15-17-25(18-16-23)38-24-11-4-3-5-12-24/h3-5,8-12,15-19,21H,6-7,13-14H2,1-2H3,(H,33,36). The molecule has 1 aliphatic rings. The summed E-state index contributed by atoms with van der Waals surface area (Å²) < 4.78 is 7.43. The monoisotopic (exact) mass is 535 g/mol. The lowest BCUT2D eigenvalue weighted by molar-refractivity contribution is -0.118. The van der Waals surface area contributed by atoms with E-state index in [2.05, 4.69) is 5.32 Å². The number of hydrogen-bond donors (Lipinski definition) is 1. The number of aryl methyl sites for hydroxylation is 3. The van der Waals surface area contributed by atoms with Crippen LogP contribution in [0.4, 0.5) is 5.69 Å². The quantitative estimate of drug-likeness (QED) is 0.248. The SMILES string of the molecule is Cc1cccc(-c2nc3sc4c(c3c(=O)n2C(C)C(=O)Nc2ccc(Oc3ccccc3)cc2)CCCC4)c1. The summed E-state index contributed by atoms with van der Waals surface area (Å²) in [6, 6.07) is 23.9. The molecule has 1 aliphatic carbocycles. The van der Waals surface area contributed by atoms with E-state index in [0.29, 0.717) is 22.6 Å². The molecule has 196 valence electrons. The molecular formula is C32H29N3O3S. The van der Waals surface area contributed by atoms with E-state index in [4.69, 9.17) is 9.72 Å². The number of anilines is 1. The number of benzene rings is 3. The highest BCUT2D eigenvalue weighted by Gasteiger charge is 2.27. The van der Waals surface area contributed by atoms with Gasteiger partial charge in [0.1, 0.15) is 28.2 Å². The van der Waals surface area contributed by atoms with E-state index in [9.17, 15) is 9.59 Å². The van der Waals surface area contributed by atoms with E-state index >= 15 is 0 Å². The number of amides is 1. The van der Waals surface area contributed by atoms with Crippen molar-refractivity contribution in [3.05, 3.63) is 105 Å². The Morgan fingerprint density at radius 2 is 1.72 bits per heavy atom. The number of hydrogen-bond acceptors (Lipinski definition) is 5. The number of nitrogens with zero attached hydrogens (tertiary/aromatic N) is 2. The van der Waals surface area contributed by atoms with Gasteiger partial charge in [-0.25, -0.2) is 4.98 Å². The maximum atomic E-state index is 14.1. The zero-order valence-electron chi connectivity index (χ0n) is 21.9. The fourth-order valence-electron chi connectivity index (χ4n) is 5.16. The first-order chi connectivity index (χ1) is 19.0. The molecule has 2 aromatic heterocycles. The zero-order valence-corrected chi connectivity index (χ0v) is 22.8. The fraction of sp³-hybridized carbons (Fsp3) is 0.219. The smallest absolute Gasteiger partial charge is 0.263 e. The lowest BCUT2D eigenvalue weighted by atomic mass is 9.97. The summed E-state index contributed by atoms with van der Waals surface area (Å²) in [6.07, 6.45) is 4.06. The van der Waals surface area contributed by atoms with Crippen LogP contribution in [0.3, 0.4) is 0 Å². The number of thiophene rings is 1. The molecule has 0 spiro atoms. The Morgan fingerprint density at radius 1 is 0.974 bits per heavy atom. The van der Waals surface area contributed by atoms with Crippen LogP contribution in [0, 0.1) is 6.92 Å². The van der Waals surface area contributed by atoms with Gasteiger partial charge in [0, 0.05) is 16.1 Å². The second kappa shape index (κ2) is 10.5. The molecule has 2 heterocycles. The van der Waals surface area contributed by atoms with Crippen molar-refractivity contribution in [2.45, 2.75) is 45.6 Å². The minimum atomic E-state index is -0.774. The van der Waals surface area contributed by atoms with Crippen molar-refractivity contribution >= 4 is 33.1 Å². The summed E-state index contributed by atoms with van der Waals surface area (Å²) in [5.41, 5.74) is 3.48. The van der Waals surface area contributed by atoms with E-state index in [1.807, 2.05) is 73.7 Å². The molecule has 1 unspecified atom stereocenters. The van der Waals surface area contributed by atoms with E-state index in [1.54, 1.807) is 35.0 Å². The molecule has 6 nitrogen and oxygen atoms in total. The van der Waals surface area contributed by atoms with Gasteiger partial charge in [-0.05, 0) is 87.6 Å². The topological polar surface area (TPSA) is 73.2 Å². The summed E-state index contributed by atoms with van der Waals surface area (Å²) in [7, 11) is 0. The molecule has 5 aromatic rings. The lowest BCUT2D eigenvalue weighted by Gasteiger charge is -2.20. The Kier molecular flexibility index (Phi) is 6.75. The third-order valence-corrected chi connectivity index (χ3v) is 8.35. The molecule has 0 saturated carbocycles. The van der Waals surface area contributed by atoms with Crippen LogP contribution in [0.1, 0.15) is 41.8 Å². The minimum absolute atomic E-state index is 0.148. The van der Waals surface area contributed by atoms with Crippen LogP contribution >= 0.6 is 11.3 Å². The summed E-state index contributed by atoms with van der Waals surface area (Å²) in [5, 5.41) is 3.65. The average Bonchev–Trinajstić information content (AvgIpc) is 3.33. The van der Waals surface area contributed by atoms with Gasteiger partial charge in [0.2, 0.25) is 5.91 Å². The average molecular weight is 536 g/mol. The van der Waals surface area contributed by atoms with Crippen molar-refractivity contribution in [1.29, 1.82) is 0 Å². The van der Waals surface area contributed by atoms with Crippen LogP contribution in [0.5, 0.6) is 11.5 Å². The highest BCUT2D eigenvalue weighted by atomic mass is 32.1. The molecule has 6 rings (SSSR count). The highest BCUT2D eigenvalue weighted by Crippen LogP contribution is 2.35. The molecule has 7 heteroatoms. The van der Waals surface area contributed by atoms with E-state index < -0.39 is 6.04 Å². The maximum Gasteiger partial charge on any atom is 0.263 e. The Bertz CT molecular complexity index is 1720. The van der Waals surface area contributed by atoms with Crippen LogP contribution < -0.4 is 15.6 Å². The Balaban J connectivity index is 1.35. The van der Waals surface area contributed by atoms with Gasteiger partial charge in [-0.2, -0.15) is 0 Å². The number of carbonyl (C=O) groups is 1. The number of rotatable bonds is 6. The molecule has 0 radical (unpaired) electrons. The van der Waals surface area contributed by atoms with Crippen molar-refractivity contribution in [1.82, 2.24) is 9.55 Å². The Hall–Kier alpha value is -4.23. The van der Waals surface area contributed by atoms with Crippen molar-refractivity contribution in [3.8, 4) is 22.9 Å². The first-order valence-corrected chi connectivity index (χ1v) is 14.1. The number of aromatic nitrogens is 2. The molecule has 1 N–H and O–H groups in total. The molecule has 1 amide bonds. The van der Waals surface area contributed by atoms with Crippen LogP contribution in [-0.4, -0.2) is 15.5 Å². The predicted molar refractivity (Wildman–Crippen MR) is 157 cm³/mol. The largest absolute Gasteiger partial charge is 0.457 e. The molecule has 0 fully saturated rings. The number of fused-ring (bicyclic) bond motifs is 3. The molecular weight excluding hydrogens is 506 g/mol.